The number of hydrogen-bond donors (Lipinski definition) is 2. The molecule has 0 spiro atoms. The Labute approximate surface area is 119 Å². The number of thiocarbonyl (C=S) groups is 1. The molecule has 1 rings (SSSR count). The van der Waals surface area contributed by atoms with Crippen molar-refractivity contribution in [3.8, 4) is 0 Å². The Morgan fingerprint density at radius 2 is 2.00 bits per heavy atom. The first kappa shape index (κ1) is 15.6. The van der Waals surface area contributed by atoms with Gasteiger partial charge in [0, 0.05) is 13.6 Å². The first-order chi connectivity index (χ1) is 8.91. The Morgan fingerprint density at radius 3 is 2.47 bits per heavy atom. The normalized spacial score (nSPS) is 13.6. The van der Waals surface area contributed by atoms with Gasteiger partial charge in [-0.05, 0) is 18.9 Å². The molecule has 2 atom stereocenters. The summed E-state index contributed by atoms with van der Waals surface area (Å²) < 4.78 is 0. The maximum atomic E-state index is 12.3. The minimum atomic E-state index is -0.572. The molecule has 1 amide bonds. The average molecular weight is 280 g/mol. The zero-order valence-corrected chi connectivity index (χ0v) is 12.1. The Morgan fingerprint density at radius 1 is 1.42 bits per heavy atom. The van der Waals surface area contributed by atoms with E-state index in [0.29, 0.717) is 6.42 Å². The molecule has 3 N–H and O–H groups in total. The summed E-state index contributed by atoms with van der Waals surface area (Å²) in [7, 11) is 1.64. The van der Waals surface area contributed by atoms with Gasteiger partial charge in [-0.3, -0.25) is 4.79 Å². The summed E-state index contributed by atoms with van der Waals surface area (Å²) in [5, 5.41) is 9.32. The second kappa shape index (κ2) is 7.21. The highest BCUT2D eigenvalue weighted by Crippen LogP contribution is 2.12. The minimum Gasteiger partial charge on any atom is -0.393 e. The number of aliphatic hydroxyl groups is 1. The largest absolute Gasteiger partial charge is 0.393 e. The maximum absolute atomic E-state index is 12.3. The van der Waals surface area contributed by atoms with Gasteiger partial charge in [0.2, 0.25) is 5.91 Å². The van der Waals surface area contributed by atoms with Gasteiger partial charge < -0.3 is 15.7 Å². The number of hydrogen-bond acceptors (Lipinski definition) is 3. The van der Waals surface area contributed by atoms with E-state index >= 15 is 0 Å². The first-order valence-electron chi connectivity index (χ1n) is 6.18. The third-order valence-corrected chi connectivity index (χ3v) is 3.12. The predicted molar refractivity (Wildman–Crippen MR) is 79.7 cm³/mol. The third kappa shape index (κ3) is 4.96. The monoisotopic (exact) mass is 280 g/mol. The highest BCUT2D eigenvalue weighted by Gasteiger charge is 2.25. The molecule has 4 nitrogen and oxygen atoms in total. The zero-order chi connectivity index (χ0) is 14.4. The molecule has 0 heterocycles. The third-order valence-electron chi connectivity index (χ3n) is 2.84. The molecular formula is C14H20N2O2S. The molecule has 0 saturated carbocycles. The van der Waals surface area contributed by atoms with Crippen molar-refractivity contribution in [3.63, 3.8) is 0 Å². The Hall–Kier alpha value is -1.46. The van der Waals surface area contributed by atoms with Crippen LogP contribution in [0.5, 0.6) is 0 Å². The van der Waals surface area contributed by atoms with Gasteiger partial charge in [0.05, 0.1) is 17.0 Å². The lowest BCUT2D eigenvalue weighted by Gasteiger charge is -2.24. The van der Waals surface area contributed by atoms with Crippen LogP contribution in [0.15, 0.2) is 30.3 Å². The van der Waals surface area contributed by atoms with E-state index < -0.39 is 12.0 Å². The number of rotatable bonds is 6. The Kier molecular flexibility index (Phi) is 5.92. The van der Waals surface area contributed by atoms with Gasteiger partial charge >= 0.3 is 0 Å². The van der Waals surface area contributed by atoms with Crippen molar-refractivity contribution in [2.45, 2.75) is 19.4 Å². The lowest BCUT2D eigenvalue weighted by molar-refractivity contribution is -0.133. The molecular weight excluding hydrogens is 260 g/mol. The molecule has 2 unspecified atom stereocenters. The van der Waals surface area contributed by atoms with Gasteiger partial charge in [0.1, 0.15) is 0 Å². The molecule has 0 saturated heterocycles. The van der Waals surface area contributed by atoms with Gasteiger partial charge in [-0.2, -0.15) is 0 Å². The second-order valence-electron chi connectivity index (χ2n) is 4.71. The fourth-order valence-electron chi connectivity index (χ4n) is 1.91. The molecule has 0 aliphatic rings. The van der Waals surface area contributed by atoms with E-state index in [4.69, 9.17) is 18.0 Å². The summed E-state index contributed by atoms with van der Waals surface area (Å²) in [6.45, 7) is 1.91. The highest BCUT2D eigenvalue weighted by molar-refractivity contribution is 7.80. The van der Waals surface area contributed by atoms with Crippen LogP contribution >= 0.6 is 12.2 Å². The van der Waals surface area contributed by atoms with Crippen LogP contribution in [-0.4, -0.2) is 40.6 Å². The molecule has 19 heavy (non-hydrogen) atoms. The average Bonchev–Trinajstić information content (AvgIpc) is 2.35. The van der Waals surface area contributed by atoms with Crippen molar-refractivity contribution in [2.75, 3.05) is 13.6 Å². The molecule has 1 aromatic carbocycles. The molecule has 0 aliphatic carbocycles. The number of benzene rings is 1. The summed E-state index contributed by atoms with van der Waals surface area (Å²) in [5.74, 6) is -0.682. The van der Waals surface area contributed by atoms with Crippen molar-refractivity contribution in [2.24, 2.45) is 11.7 Å². The van der Waals surface area contributed by atoms with Gasteiger partial charge in [0.15, 0.2) is 0 Å². The number of nitrogens with zero attached hydrogens (tertiary/aromatic N) is 1. The SMILES string of the molecule is CC(O)CN(C)C(=O)C(Cc1ccccc1)C(N)=S. The van der Waals surface area contributed by atoms with Crippen molar-refractivity contribution in [1.29, 1.82) is 0 Å². The van der Waals surface area contributed by atoms with Crippen LogP contribution in [-0.2, 0) is 11.2 Å². The molecule has 0 radical (unpaired) electrons. The number of carbonyl (C=O) groups excluding carboxylic acids is 1. The van der Waals surface area contributed by atoms with Crippen molar-refractivity contribution < 1.29 is 9.90 Å². The number of nitrogens with two attached hydrogens (primary N) is 1. The van der Waals surface area contributed by atoms with Crippen LogP contribution in [0.1, 0.15) is 12.5 Å². The lowest BCUT2D eigenvalue weighted by Crippen LogP contribution is -2.42. The number of carbonyl (C=O) groups is 1. The van der Waals surface area contributed by atoms with E-state index in [0.717, 1.165) is 5.56 Å². The van der Waals surface area contributed by atoms with E-state index in [2.05, 4.69) is 0 Å². The summed E-state index contributed by atoms with van der Waals surface area (Å²) in [4.78, 5) is 13.9. The topological polar surface area (TPSA) is 66.6 Å². The number of likely N-dealkylation sites (N-methyl/N-ethyl adjacent to an activating group) is 1. The van der Waals surface area contributed by atoms with Gasteiger partial charge in [-0.15, -0.1) is 0 Å². The molecule has 1 aromatic rings. The van der Waals surface area contributed by atoms with E-state index in [9.17, 15) is 9.90 Å². The fraction of sp³-hybridized carbons (Fsp3) is 0.429. The number of amides is 1. The minimum absolute atomic E-state index is 0.155. The van der Waals surface area contributed by atoms with Crippen LogP contribution in [0.3, 0.4) is 0 Å². The van der Waals surface area contributed by atoms with Crippen LogP contribution in [0.2, 0.25) is 0 Å². The van der Waals surface area contributed by atoms with Crippen molar-refractivity contribution in [3.05, 3.63) is 35.9 Å². The lowest BCUT2D eigenvalue weighted by atomic mass is 9.98. The molecule has 0 fully saturated rings. The van der Waals surface area contributed by atoms with Gasteiger partial charge in [-0.25, -0.2) is 0 Å². The van der Waals surface area contributed by atoms with Crippen LogP contribution in [0, 0.1) is 5.92 Å². The highest BCUT2D eigenvalue weighted by atomic mass is 32.1. The van der Waals surface area contributed by atoms with Gasteiger partial charge in [-0.1, -0.05) is 42.5 Å². The van der Waals surface area contributed by atoms with E-state index in [1.165, 1.54) is 4.90 Å². The first-order valence-corrected chi connectivity index (χ1v) is 6.59. The summed E-state index contributed by atoms with van der Waals surface area (Å²) in [5.41, 5.74) is 6.69. The zero-order valence-electron chi connectivity index (χ0n) is 11.2. The van der Waals surface area contributed by atoms with E-state index in [-0.39, 0.29) is 17.4 Å². The summed E-state index contributed by atoms with van der Waals surface area (Å²) >= 11 is 4.99. The van der Waals surface area contributed by atoms with Crippen molar-refractivity contribution in [1.82, 2.24) is 4.90 Å². The van der Waals surface area contributed by atoms with Crippen LogP contribution < -0.4 is 5.73 Å². The van der Waals surface area contributed by atoms with Crippen LogP contribution in [0.25, 0.3) is 0 Å². The Bertz CT molecular complexity index is 434. The molecule has 5 heteroatoms. The van der Waals surface area contributed by atoms with Crippen LogP contribution in [0.4, 0.5) is 0 Å². The smallest absolute Gasteiger partial charge is 0.232 e. The maximum Gasteiger partial charge on any atom is 0.232 e. The van der Waals surface area contributed by atoms with Gasteiger partial charge in [0.25, 0.3) is 0 Å². The fourth-order valence-corrected chi connectivity index (χ4v) is 2.10. The standard InChI is InChI=1S/C14H20N2O2S/c1-10(17)9-16(2)14(18)12(13(15)19)8-11-6-4-3-5-7-11/h3-7,10,12,17H,8-9H2,1-2H3,(H2,15,19). The molecule has 104 valence electrons. The Balaban J connectivity index is 2.78. The molecule has 0 aliphatic heterocycles. The quantitative estimate of drug-likeness (QED) is 0.762. The molecule has 0 bridgehead atoms. The number of aliphatic hydroxyl groups excluding tert-OH is 1. The summed E-state index contributed by atoms with van der Waals surface area (Å²) in [6.07, 6.45) is -0.0863. The van der Waals surface area contributed by atoms with E-state index in [1.54, 1.807) is 14.0 Å². The molecule has 0 aromatic heterocycles. The second-order valence-corrected chi connectivity index (χ2v) is 5.18. The predicted octanol–water partition coefficient (Wildman–Crippen LogP) is 0.971. The summed E-state index contributed by atoms with van der Waals surface area (Å²) in [6, 6.07) is 9.62. The van der Waals surface area contributed by atoms with Crippen molar-refractivity contribution >= 4 is 23.1 Å². The van der Waals surface area contributed by atoms with E-state index in [1.807, 2.05) is 30.3 Å².